The van der Waals surface area contributed by atoms with E-state index in [9.17, 15) is 0 Å². The van der Waals surface area contributed by atoms with Crippen LogP contribution in [0.1, 0.15) is 39.5 Å². The normalized spacial score (nSPS) is 25.9. The zero-order chi connectivity index (χ0) is 15.2. The van der Waals surface area contributed by atoms with Crippen molar-refractivity contribution in [2.45, 2.75) is 44.9 Å². The fraction of sp³-hybridized carbons (Fsp3) is 0.667. The number of hydrogen-bond donors (Lipinski definition) is 0. The minimum absolute atomic E-state index is 0.319. The maximum atomic E-state index is 6.50. The van der Waals surface area contributed by atoms with E-state index in [0.29, 0.717) is 11.3 Å². The Kier molecular flexibility index (Phi) is 6.22. The second-order valence-corrected chi connectivity index (χ2v) is 6.97. The lowest BCUT2D eigenvalue weighted by Crippen LogP contribution is -2.29. The molecule has 0 aromatic heterocycles. The molecule has 0 spiro atoms. The molecule has 3 unspecified atom stereocenters. The number of benzene rings is 1. The fourth-order valence-corrected chi connectivity index (χ4v) is 3.52. The molecular weight excluding hydrogens is 284 g/mol. The van der Waals surface area contributed by atoms with Gasteiger partial charge in [0, 0.05) is 5.38 Å². The van der Waals surface area contributed by atoms with E-state index < -0.39 is 0 Å². The molecule has 0 saturated heterocycles. The average molecular weight is 311 g/mol. The lowest BCUT2D eigenvalue weighted by Gasteiger charge is -2.35. The molecule has 1 aromatic rings. The van der Waals surface area contributed by atoms with Crippen molar-refractivity contribution in [2.75, 3.05) is 13.7 Å². The molecule has 0 heterocycles. The highest BCUT2D eigenvalue weighted by Gasteiger charge is 2.30. The molecule has 1 saturated carbocycles. The van der Waals surface area contributed by atoms with Gasteiger partial charge in [-0.05, 0) is 67.7 Å². The van der Waals surface area contributed by atoms with Crippen molar-refractivity contribution >= 4 is 11.6 Å². The molecule has 0 N–H and O–H groups in total. The highest BCUT2D eigenvalue weighted by Crippen LogP contribution is 2.38. The Balaban J connectivity index is 1.78. The smallest absolute Gasteiger partial charge is 0.119 e. The van der Waals surface area contributed by atoms with Gasteiger partial charge in [0.1, 0.15) is 11.5 Å². The summed E-state index contributed by atoms with van der Waals surface area (Å²) in [4.78, 5) is 0. The summed E-state index contributed by atoms with van der Waals surface area (Å²) in [5.41, 5.74) is 0. The van der Waals surface area contributed by atoms with E-state index in [0.717, 1.165) is 42.8 Å². The van der Waals surface area contributed by atoms with Crippen LogP contribution in [-0.4, -0.2) is 19.1 Å². The van der Waals surface area contributed by atoms with Gasteiger partial charge in [0.05, 0.1) is 13.7 Å². The van der Waals surface area contributed by atoms with Gasteiger partial charge in [-0.2, -0.15) is 0 Å². The first-order valence-electron chi connectivity index (χ1n) is 8.01. The van der Waals surface area contributed by atoms with E-state index in [4.69, 9.17) is 21.1 Å². The van der Waals surface area contributed by atoms with Crippen LogP contribution in [0.3, 0.4) is 0 Å². The minimum atomic E-state index is 0.319. The van der Waals surface area contributed by atoms with Crippen LogP contribution in [0.4, 0.5) is 0 Å². The number of halogens is 1. The van der Waals surface area contributed by atoms with Gasteiger partial charge in [-0.25, -0.2) is 0 Å². The first-order chi connectivity index (χ1) is 10.1. The largest absolute Gasteiger partial charge is 0.497 e. The van der Waals surface area contributed by atoms with Crippen molar-refractivity contribution in [3.05, 3.63) is 24.3 Å². The summed E-state index contributed by atoms with van der Waals surface area (Å²) in [6.45, 7) is 5.39. The molecule has 1 aromatic carbocycles. The van der Waals surface area contributed by atoms with Crippen LogP contribution in [0.2, 0.25) is 0 Å². The average Bonchev–Trinajstić information content (AvgIpc) is 2.49. The van der Waals surface area contributed by atoms with E-state index in [1.54, 1.807) is 7.11 Å². The lowest BCUT2D eigenvalue weighted by molar-refractivity contribution is 0.185. The number of methoxy groups -OCH3 is 1. The van der Waals surface area contributed by atoms with Crippen molar-refractivity contribution in [1.29, 1.82) is 0 Å². The number of ether oxygens (including phenoxy) is 2. The standard InChI is InChI=1S/C18H27ClO2/c1-13(2)14-4-9-18(19)15(12-14)10-11-21-17-7-5-16(20-3)6-8-17/h5-8,13-15,18H,4,9-12H2,1-3H3. The Labute approximate surface area is 133 Å². The Hall–Kier alpha value is -0.890. The predicted octanol–water partition coefficient (Wildman–Crippen LogP) is 5.14. The maximum Gasteiger partial charge on any atom is 0.119 e. The number of hydrogen-bond acceptors (Lipinski definition) is 2. The fourth-order valence-electron chi connectivity index (χ4n) is 3.17. The van der Waals surface area contributed by atoms with E-state index in [1.807, 2.05) is 24.3 Å². The van der Waals surface area contributed by atoms with Crippen LogP contribution in [-0.2, 0) is 0 Å². The molecule has 21 heavy (non-hydrogen) atoms. The molecule has 0 aliphatic heterocycles. The molecule has 1 fully saturated rings. The molecule has 0 amide bonds. The Morgan fingerprint density at radius 2 is 1.81 bits per heavy atom. The topological polar surface area (TPSA) is 18.5 Å². The highest BCUT2D eigenvalue weighted by atomic mass is 35.5. The second kappa shape index (κ2) is 7.93. The van der Waals surface area contributed by atoms with E-state index in [2.05, 4.69) is 13.8 Å². The van der Waals surface area contributed by atoms with Crippen LogP contribution < -0.4 is 9.47 Å². The summed E-state index contributed by atoms with van der Waals surface area (Å²) in [5.74, 6) is 3.93. The second-order valence-electron chi connectivity index (χ2n) is 6.41. The van der Waals surface area contributed by atoms with Crippen LogP contribution in [0.5, 0.6) is 11.5 Å². The molecule has 1 aliphatic rings. The minimum Gasteiger partial charge on any atom is -0.497 e. The quantitative estimate of drug-likeness (QED) is 0.677. The Bertz CT molecular complexity index is 416. The van der Waals surface area contributed by atoms with Gasteiger partial charge < -0.3 is 9.47 Å². The van der Waals surface area contributed by atoms with Gasteiger partial charge in [-0.3, -0.25) is 0 Å². The zero-order valence-electron chi connectivity index (χ0n) is 13.3. The first kappa shape index (κ1) is 16.5. The third-order valence-corrected chi connectivity index (χ3v) is 5.26. The number of rotatable bonds is 6. The van der Waals surface area contributed by atoms with Gasteiger partial charge in [-0.1, -0.05) is 13.8 Å². The molecule has 118 valence electrons. The van der Waals surface area contributed by atoms with Crippen LogP contribution >= 0.6 is 11.6 Å². The van der Waals surface area contributed by atoms with Gasteiger partial charge in [-0.15, -0.1) is 11.6 Å². The molecule has 3 heteroatoms. The highest BCUT2D eigenvalue weighted by molar-refractivity contribution is 6.20. The van der Waals surface area contributed by atoms with Gasteiger partial charge >= 0.3 is 0 Å². The van der Waals surface area contributed by atoms with E-state index in [-0.39, 0.29) is 0 Å². The molecule has 3 atom stereocenters. The number of alkyl halides is 1. The zero-order valence-corrected chi connectivity index (χ0v) is 14.1. The summed E-state index contributed by atoms with van der Waals surface area (Å²) in [6.07, 6.45) is 4.72. The molecule has 0 radical (unpaired) electrons. The van der Waals surface area contributed by atoms with Crippen molar-refractivity contribution in [1.82, 2.24) is 0 Å². The SMILES string of the molecule is COc1ccc(OCCC2CC(C(C)C)CCC2Cl)cc1. The van der Waals surface area contributed by atoms with E-state index >= 15 is 0 Å². The molecular formula is C18H27ClO2. The van der Waals surface area contributed by atoms with Crippen molar-refractivity contribution in [3.63, 3.8) is 0 Å². The molecule has 2 rings (SSSR count). The van der Waals surface area contributed by atoms with Gasteiger partial charge in [0.25, 0.3) is 0 Å². The van der Waals surface area contributed by atoms with Crippen molar-refractivity contribution < 1.29 is 9.47 Å². The van der Waals surface area contributed by atoms with Crippen LogP contribution in [0, 0.1) is 17.8 Å². The molecule has 1 aliphatic carbocycles. The summed E-state index contributed by atoms with van der Waals surface area (Å²) >= 11 is 6.50. The predicted molar refractivity (Wildman–Crippen MR) is 88.4 cm³/mol. The van der Waals surface area contributed by atoms with Gasteiger partial charge in [0.2, 0.25) is 0 Å². The maximum absolute atomic E-state index is 6.50. The van der Waals surface area contributed by atoms with Gasteiger partial charge in [0.15, 0.2) is 0 Å². The van der Waals surface area contributed by atoms with Crippen molar-refractivity contribution in [3.8, 4) is 11.5 Å². The third kappa shape index (κ3) is 4.81. The monoisotopic (exact) mass is 310 g/mol. The Morgan fingerprint density at radius 3 is 2.43 bits per heavy atom. The molecule has 0 bridgehead atoms. The van der Waals surface area contributed by atoms with Crippen molar-refractivity contribution in [2.24, 2.45) is 17.8 Å². The first-order valence-corrected chi connectivity index (χ1v) is 8.44. The third-order valence-electron chi connectivity index (χ3n) is 4.69. The van der Waals surface area contributed by atoms with E-state index in [1.165, 1.54) is 12.8 Å². The summed E-state index contributed by atoms with van der Waals surface area (Å²) in [6, 6.07) is 7.76. The van der Waals surface area contributed by atoms with Crippen LogP contribution in [0.25, 0.3) is 0 Å². The lowest BCUT2D eigenvalue weighted by atomic mass is 9.75. The molecule has 2 nitrogen and oxygen atoms in total. The summed E-state index contributed by atoms with van der Waals surface area (Å²) in [7, 11) is 1.67. The van der Waals surface area contributed by atoms with Crippen LogP contribution in [0.15, 0.2) is 24.3 Å². The Morgan fingerprint density at radius 1 is 1.14 bits per heavy atom. The summed E-state index contributed by atoms with van der Waals surface area (Å²) < 4.78 is 11.0. The summed E-state index contributed by atoms with van der Waals surface area (Å²) in [5, 5.41) is 0.319.